The number of carbonyl (C=O) groups excluding carboxylic acids is 1. The highest BCUT2D eigenvalue weighted by Crippen LogP contribution is 2.55. The summed E-state index contributed by atoms with van der Waals surface area (Å²) in [4.78, 5) is 11.4. The zero-order valence-corrected chi connectivity index (χ0v) is 8.96. The molecule has 0 aromatic carbocycles. The van der Waals surface area contributed by atoms with Crippen molar-refractivity contribution in [2.45, 2.75) is 45.4 Å². The fourth-order valence-electron chi connectivity index (χ4n) is 3.50. The lowest BCUT2D eigenvalue weighted by atomic mass is 9.76. The van der Waals surface area contributed by atoms with E-state index < -0.39 is 0 Å². The molecule has 1 spiro atoms. The molecular weight excluding hydrogens is 176 g/mol. The summed E-state index contributed by atoms with van der Waals surface area (Å²) in [5.41, 5.74) is 0.330. The summed E-state index contributed by atoms with van der Waals surface area (Å²) in [7, 11) is 0. The smallest absolute Gasteiger partial charge is 0.133 e. The predicted octanol–water partition coefficient (Wildman–Crippen LogP) is 2.15. The van der Waals surface area contributed by atoms with E-state index >= 15 is 0 Å². The minimum Gasteiger partial charge on any atom is -0.396 e. The Labute approximate surface area is 85.7 Å². The number of hydrogen-bond donors (Lipinski definition) is 1. The van der Waals surface area contributed by atoms with Gasteiger partial charge in [0.2, 0.25) is 0 Å². The molecule has 0 bridgehead atoms. The van der Waals surface area contributed by atoms with E-state index in [9.17, 15) is 4.79 Å². The van der Waals surface area contributed by atoms with Gasteiger partial charge in [0.25, 0.3) is 0 Å². The molecule has 1 N–H and O–H groups in total. The molecule has 2 saturated carbocycles. The summed E-state index contributed by atoms with van der Waals surface area (Å²) in [6.45, 7) is 2.54. The van der Waals surface area contributed by atoms with E-state index in [1.54, 1.807) is 0 Å². The Kier molecular flexibility index (Phi) is 2.65. The second-order valence-electron chi connectivity index (χ2n) is 5.30. The van der Waals surface area contributed by atoms with Crippen molar-refractivity contribution in [3.05, 3.63) is 0 Å². The normalized spacial score (nSPS) is 42.6. The van der Waals surface area contributed by atoms with E-state index in [4.69, 9.17) is 5.11 Å². The summed E-state index contributed by atoms with van der Waals surface area (Å²) in [6.07, 6.45) is 6.16. The number of Topliss-reactive ketones (excluding diaryl/α,β-unsaturated/α-hetero) is 1. The lowest BCUT2D eigenvalue weighted by Gasteiger charge is -2.27. The van der Waals surface area contributed by atoms with Gasteiger partial charge < -0.3 is 5.11 Å². The number of aliphatic hydroxyl groups is 1. The molecule has 2 fully saturated rings. The van der Waals surface area contributed by atoms with Gasteiger partial charge in [-0.3, -0.25) is 4.79 Å². The number of rotatable bonds is 2. The fraction of sp³-hybridized carbons (Fsp3) is 0.917. The molecule has 2 heteroatoms. The van der Waals surface area contributed by atoms with Crippen LogP contribution >= 0.6 is 0 Å². The predicted molar refractivity (Wildman–Crippen MR) is 54.9 cm³/mol. The fourth-order valence-corrected chi connectivity index (χ4v) is 3.50. The molecule has 2 rings (SSSR count). The van der Waals surface area contributed by atoms with Crippen molar-refractivity contribution in [1.29, 1.82) is 0 Å². The van der Waals surface area contributed by atoms with Crippen LogP contribution in [-0.2, 0) is 4.79 Å². The lowest BCUT2D eigenvalue weighted by Crippen LogP contribution is -2.20. The Hall–Kier alpha value is -0.370. The van der Waals surface area contributed by atoms with Crippen LogP contribution in [0.15, 0.2) is 0 Å². The Morgan fingerprint density at radius 1 is 1.57 bits per heavy atom. The maximum Gasteiger partial charge on any atom is 0.133 e. The molecule has 2 aliphatic carbocycles. The molecule has 80 valence electrons. The van der Waals surface area contributed by atoms with E-state index in [2.05, 4.69) is 6.92 Å². The number of carbonyl (C=O) groups is 1. The van der Waals surface area contributed by atoms with Gasteiger partial charge in [0.1, 0.15) is 5.78 Å². The van der Waals surface area contributed by atoms with Crippen LogP contribution in [0.25, 0.3) is 0 Å². The van der Waals surface area contributed by atoms with Crippen molar-refractivity contribution in [2.24, 2.45) is 17.3 Å². The summed E-state index contributed by atoms with van der Waals surface area (Å²) in [5, 5.41) is 8.91. The van der Waals surface area contributed by atoms with Crippen molar-refractivity contribution in [3.63, 3.8) is 0 Å². The summed E-state index contributed by atoms with van der Waals surface area (Å²) in [5.74, 6) is 1.72. The molecule has 0 aromatic heterocycles. The van der Waals surface area contributed by atoms with Gasteiger partial charge in [0.05, 0.1) is 0 Å². The molecule has 3 atom stereocenters. The zero-order valence-electron chi connectivity index (χ0n) is 8.96. The Morgan fingerprint density at radius 2 is 2.36 bits per heavy atom. The number of aliphatic hydroxyl groups excluding tert-OH is 1. The van der Waals surface area contributed by atoms with Gasteiger partial charge in [0.15, 0.2) is 0 Å². The zero-order chi connectivity index (χ0) is 10.2. The SMILES string of the molecule is CC1CC(=O)CC12CCC(CCO)C2. The minimum absolute atomic E-state index is 0.309. The highest BCUT2D eigenvalue weighted by Gasteiger charge is 2.48. The second-order valence-corrected chi connectivity index (χ2v) is 5.30. The minimum atomic E-state index is 0.309. The third-order valence-corrected chi connectivity index (χ3v) is 4.41. The van der Waals surface area contributed by atoms with E-state index in [1.807, 2.05) is 0 Å². The number of hydrogen-bond acceptors (Lipinski definition) is 2. The van der Waals surface area contributed by atoms with E-state index in [0.29, 0.717) is 29.6 Å². The summed E-state index contributed by atoms with van der Waals surface area (Å²) >= 11 is 0. The van der Waals surface area contributed by atoms with Crippen molar-refractivity contribution in [2.75, 3.05) is 6.61 Å². The molecule has 0 heterocycles. The van der Waals surface area contributed by atoms with Gasteiger partial charge in [-0.2, -0.15) is 0 Å². The monoisotopic (exact) mass is 196 g/mol. The van der Waals surface area contributed by atoms with Crippen LogP contribution in [0.2, 0.25) is 0 Å². The van der Waals surface area contributed by atoms with Crippen LogP contribution in [0.3, 0.4) is 0 Å². The van der Waals surface area contributed by atoms with Crippen LogP contribution in [0.1, 0.15) is 45.4 Å². The average Bonchev–Trinajstić information content (AvgIpc) is 2.61. The second kappa shape index (κ2) is 3.65. The van der Waals surface area contributed by atoms with Crippen LogP contribution in [0.4, 0.5) is 0 Å². The topological polar surface area (TPSA) is 37.3 Å². The van der Waals surface area contributed by atoms with Gasteiger partial charge in [-0.05, 0) is 42.9 Å². The first-order valence-corrected chi connectivity index (χ1v) is 5.79. The molecule has 0 saturated heterocycles. The summed E-state index contributed by atoms with van der Waals surface area (Å²) in [6, 6.07) is 0. The molecule has 0 aromatic rings. The average molecular weight is 196 g/mol. The van der Waals surface area contributed by atoms with Crippen LogP contribution in [-0.4, -0.2) is 17.5 Å². The van der Waals surface area contributed by atoms with Gasteiger partial charge >= 0.3 is 0 Å². The van der Waals surface area contributed by atoms with Gasteiger partial charge in [0, 0.05) is 19.4 Å². The van der Waals surface area contributed by atoms with Crippen molar-refractivity contribution < 1.29 is 9.90 Å². The first kappa shape index (κ1) is 10.2. The Morgan fingerprint density at radius 3 is 2.93 bits per heavy atom. The van der Waals surface area contributed by atoms with Gasteiger partial charge in [-0.1, -0.05) is 6.92 Å². The van der Waals surface area contributed by atoms with Gasteiger partial charge in [-0.25, -0.2) is 0 Å². The molecule has 14 heavy (non-hydrogen) atoms. The Bertz CT molecular complexity index is 236. The van der Waals surface area contributed by atoms with Crippen molar-refractivity contribution >= 4 is 5.78 Å². The quantitative estimate of drug-likeness (QED) is 0.734. The maximum atomic E-state index is 11.4. The third kappa shape index (κ3) is 1.60. The molecule has 0 radical (unpaired) electrons. The van der Waals surface area contributed by atoms with E-state index in [-0.39, 0.29) is 0 Å². The maximum absolute atomic E-state index is 11.4. The standard InChI is InChI=1S/C12H20O2/c1-9-6-11(14)8-12(9)4-2-10(7-12)3-5-13/h9-10,13H,2-8H2,1H3. The number of ketones is 1. The lowest BCUT2D eigenvalue weighted by molar-refractivity contribution is -0.118. The van der Waals surface area contributed by atoms with Crippen LogP contribution < -0.4 is 0 Å². The highest BCUT2D eigenvalue weighted by atomic mass is 16.3. The summed E-state index contributed by atoms with van der Waals surface area (Å²) < 4.78 is 0. The first-order chi connectivity index (χ1) is 6.66. The van der Waals surface area contributed by atoms with Gasteiger partial charge in [-0.15, -0.1) is 0 Å². The van der Waals surface area contributed by atoms with E-state index in [0.717, 1.165) is 19.3 Å². The van der Waals surface area contributed by atoms with Crippen molar-refractivity contribution in [3.8, 4) is 0 Å². The third-order valence-electron chi connectivity index (χ3n) is 4.41. The highest BCUT2D eigenvalue weighted by molar-refractivity contribution is 5.82. The first-order valence-electron chi connectivity index (χ1n) is 5.79. The largest absolute Gasteiger partial charge is 0.396 e. The molecule has 3 unspecified atom stereocenters. The molecular formula is C12H20O2. The van der Waals surface area contributed by atoms with Crippen molar-refractivity contribution in [1.82, 2.24) is 0 Å². The molecule has 2 nitrogen and oxygen atoms in total. The van der Waals surface area contributed by atoms with E-state index in [1.165, 1.54) is 19.3 Å². The molecule has 0 aliphatic heterocycles. The molecule has 2 aliphatic rings. The van der Waals surface area contributed by atoms with Crippen LogP contribution in [0.5, 0.6) is 0 Å². The Balaban J connectivity index is 2.02. The molecule has 0 amide bonds. The van der Waals surface area contributed by atoms with Crippen LogP contribution in [0, 0.1) is 17.3 Å².